The Morgan fingerprint density at radius 3 is 2.00 bits per heavy atom. The summed E-state index contributed by atoms with van der Waals surface area (Å²) in [4.78, 5) is 16.9. The van der Waals surface area contributed by atoms with Crippen LogP contribution in [0.4, 0.5) is 0 Å². The van der Waals surface area contributed by atoms with Crippen LogP contribution in [-0.4, -0.2) is 22.1 Å². The fourth-order valence-corrected chi connectivity index (χ4v) is 2.83. The van der Waals surface area contributed by atoms with Crippen LogP contribution in [0.1, 0.15) is 28.7 Å². The van der Waals surface area contributed by atoms with Gasteiger partial charge in [-0.25, -0.2) is 9.78 Å². The average Bonchev–Trinajstić information content (AvgIpc) is 2.94. The fourth-order valence-electron chi connectivity index (χ4n) is 2.83. The third-order valence-electron chi connectivity index (χ3n) is 4.20. The zero-order valence-corrected chi connectivity index (χ0v) is 15.0. The normalized spacial score (nSPS) is 10.7. The van der Waals surface area contributed by atoms with Crippen LogP contribution in [0, 0.1) is 13.8 Å². The van der Waals surface area contributed by atoms with E-state index in [1.165, 1.54) is 11.1 Å². The summed E-state index contributed by atoms with van der Waals surface area (Å²) in [6.45, 7) is 6.22. The second kappa shape index (κ2) is 6.93. The Morgan fingerprint density at radius 1 is 0.960 bits per heavy atom. The molecule has 128 valence electrons. The van der Waals surface area contributed by atoms with Crippen molar-refractivity contribution in [3.8, 4) is 22.5 Å². The molecule has 2 aromatic carbocycles. The Morgan fingerprint density at radius 2 is 1.48 bits per heavy atom. The van der Waals surface area contributed by atoms with Crippen LogP contribution >= 0.6 is 0 Å². The Bertz CT molecular complexity index is 891. The molecule has 0 saturated heterocycles. The predicted molar refractivity (Wildman–Crippen MR) is 99.5 cm³/mol. The van der Waals surface area contributed by atoms with Gasteiger partial charge >= 0.3 is 5.97 Å². The Balaban J connectivity index is 2.21. The average molecular weight is 334 g/mol. The molecule has 25 heavy (non-hydrogen) atoms. The van der Waals surface area contributed by atoms with Gasteiger partial charge in [-0.3, -0.25) is 0 Å². The molecule has 0 N–H and O–H groups in total. The zero-order valence-electron chi connectivity index (χ0n) is 15.0. The van der Waals surface area contributed by atoms with Gasteiger partial charge in [-0.1, -0.05) is 59.7 Å². The highest BCUT2D eigenvalue weighted by atomic mass is 16.5. The van der Waals surface area contributed by atoms with Crippen molar-refractivity contribution < 1.29 is 9.53 Å². The van der Waals surface area contributed by atoms with Crippen molar-refractivity contribution in [2.24, 2.45) is 7.05 Å². The monoisotopic (exact) mass is 334 g/mol. The number of benzene rings is 2. The summed E-state index contributed by atoms with van der Waals surface area (Å²) >= 11 is 0. The van der Waals surface area contributed by atoms with E-state index in [1.807, 2.05) is 42.8 Å². The van der Waals surface area contributed by atoms with Gasteiger partial charge in [-0.15, -0.1) is 0 Å². The number of hydrogen-bond acceptors (Lipinski definition) is 3. The molecule has 1 heterocycles. The SMILES string of the molecule is CCOC(=O)c1nc(-c2ccc(C)cc2)c(-c2ccc(C)cc2)n1C. The number of aryl methyl sites for hydroxylation is 2. The molecule has 0 aliphatic carbocycles. The Labute approximate surface area is 148 Å². The minimum Gasteiger partial charge on any atom is -0.460 e. The first-order valence-corrected chi connectivity index (χ1v) is 8.39. The molecule has 0 spiro atoms. The molecule has 0 amide bonds. The first-order valence-electron chi connectivity index (χ1n) is 8.39. The number of ether oxygens (including phenoxy) is 1. The van der Waals surface area contributed by atoms with E-state index in [2.05, 4.69) is 36.2 Å². The highest BCUT2D eigenvalue weighted by Gasteiger charge is 2.22. The van der Waals surface area contributed by atoms with Crippen molar-refractivity contribution in [2.45, 2.75) is 20.8 Å². The molecule has 1 aromatic heterocycles. The highest BCUT2D eigenvalue weighted by Crippen LogP contribution is 2.32. The largest absolute Gasteiger partial charge is 0.460 e. The first kappa shape index (κ1) is 17.0. The van der Waals surface area contributed by atoms with Crippen molar-refractivity contribution in [1.82, 2.24) is 9.55 Å². The number of hydrogen-bond donors (Lipinski definition) is 0. The lowest BCUT2D eigenvalue weighted by Crippen LogP contribution is -2.11. The van der Waals surface area contributed by atoms with Crippen LogP contribution in [-0.2, 0) is 11.8 Å². The maximum absolute atomic E-state index is 12.3. The fraction of sp³-hybridized carbons (Fsp3) is 0.238. The van der Waals surface area contributed by atoms with E-state index in [1.54, 1.807) is 6.92 Å². The number of carbonyl (C=O) groups excluding carboxylic acids is 1. The van der Waals surface area contributed by atoms with E-state index in [-0.39, 0.29) is 0 Å². The molecule has 0 saturated carbocycles. The van der Waals surface area contributed by atoms with Crippen LogP contribution in [0.3, 0.4) is 0 Å². The maximum atomic E-state index is 12.3. The number of carbonyl (C=O) groups is 1. The lowest BCUT2D eigenvalue weighted by atomic mass is 10.0. The third-order valence-corrected chi connectivity index (χ3v) is 4.20. The summed E-state index contributed by atoms with van der Waals surface area (Å²) in [7, 11) is 1.85. The van der Waals surface area contributed by atoms with Gasteiger partial charge in [-0.2, -0.15) is 0 Å². The van der Waals surface area contributed by atoms with E-state index in [0.29, 0.717) is 12.4 Å². The molecule has 0 atom stereocenters. The number of esters is 1. The van der Waals surface area contributed by atoms with E-state index >= 15 is 0 Å². The maximum Gasteiger partial charge on any atom is 0.374 e. The standard InChI is InChI=1S/C21H22N2O2/c1-5-25-21(24)20-22-18(16-10-6-14(2)7-11-16)19(23(20)4)17-12-8-15(3)9-13-17/h6-13H,5H2,1-4H3. The molecular formula is C21H22N2O2. The van der Waals surface area contributed by atoms with Gasteiger partial charge in [0.15, 0.2) is 0 Å². The zero-order chi connectivity index (χ0) is 18.0. The lowest BCUT2D eigenvalue weighted by molar-refractivity contribution is 0.0508. The van der Waals surface area contributed by atoms with E-state index in [0.717, 1.165) is 22.5 Å². The second-order valence-electron chi connectivity index (χ2n) is 6.14. The minimum atomic E-state index is -0.406. The number of nitrogens with zero attached hydrogens (tertiary/aromatic N) is 2. The van der Waals surface area contributed by atoms with Crippen molar-refractivity contribution >= 4 is 5.97 Å². The Hall–Kier alpha value is -2.88. The molecule has 0 fully saturated rings. The van der Waals surface area contributed by atoms with Crippen molar-refractivity contribution in [3.63, 3.8) is 0 Å². The van der Waals surface area contributed by atoms with Crippen molar-refractivity contribution in [3.05, 3.63) is 65.5 Å². The molecule has 4 heteroatoms. The summed E-state index contributed by atoms with van der Waals surface area (Å²) in [5.74, 6) is -0.0928. The van der Waals surface area contributed by atoms with Crippen molar-refractivity contribution in [2.75, 3.05) is 6.61 Å². The summed E-state index contributed by atoms with van der Waals surface area (Å²) in [6, 6.07) is 16.4. The van der Waals surface area contributed by atoms with Gasteiger partial charge in [0, 0.05) is 18.2 Å². The molecule has 0 bridgehead atoms. The lowest BCUT2D eigenvalue weighted by Gasteiger charge is -2.08. The molecular weight excluding hydrogens is 312 g/mol. The third kappa shape index (κ3) is 3.33. The minimum absolute atomic E-state index is 0.313. The van der Waals surface area contributed by atoms with Crippen molar-refractivity contribution in [1.29, 1.82) is 0 Å². The highest BCUT2D eigenvalue weighted by molar-refractivity contribution is 5.90. The number of aromatic nitrogens is 2. The van der Waals surface area contributed by atoms with Gasteiger partial charge in [-0.05, 0) is 20.8 Å². The van der Waals surface area contributed by atoms with Crippen LogP contribution in [0.15, 0.2) is 48.5 Å². The Kier molecular flexibility index (Phi) is 4.70. The second-order valence-corrected chi connectivity index (χ2v) is 6.14. The molecule has 0 radical (unpaired) electrons. The summed E-state index contributed by atoms with van der Waals surface area (Å²) < 4.78 is 6.98. The van der Waals surface area contributed by atoms with Gasteiger partial charge in [0.1, 0.15) is 0 Å². The molecule has 4 nitrogen and oxygen atoms in total. The first-order chi connectivity index (χ1) is 12.0. The van der Waals surface area contributed by atoms with Crippen LogP contribution in [0.25, 0.3) is 22.5 Å². The van der Waals surface area contributed by atoms with Gasteiger partial charge in [0.2, 0.25) is 5.82 Å². The molecule has 0 unspecified atom stereocenters. The van der Waals surface area contributed by atoms with E-state index in [9.17, 15) is 4.79 Å². The van der Waals surface area contributed by atoms with E-state index in [4.69, 9.17) is 4.74 Å². The topological polar surface area (TPSA) is 44.1 Å². The molecule has 3 rings (SSSR count). The predicted octanol–water partition coefficient (Wildman–Crippen LogP) is 4.55. The van der Waals surface area contributed by atoms with Gasteiger partial charge in [0.05, 0.1) is 18.0 Å². The summed E-state index contributed by atoms with van der Waals surface area (Å²) in [5.41, 5.74) is 6.07. The van der Waals surface area contributed by atoms with Crippen LogP contribution in [0.2, 0.25) is 0 Å². The summed E-state index contributed by atoms with van der Waals surface area (Å²) in [6.07, 6.45) is 0. The quantitative estimate of drug-likeness (QED) is 0.658. The molecule has 0 aliphatic heterocycles. The summed E-state index contributed by atoms with van der Waals surface area (Å²) in [5, 5.41) is 0. The molecule has 3 aromatic rings. The number of imidazole rings is 1. The van der Waals surface area contributed by atoms with Gasteiger partial charge < -0.3 is 9.30 Å². The van der Waals surface area contributed by atoms with Gasteiger partial charge in [0.25, 0.3) is 0 Å². The van der Waals surface area contributed by atoms with Crippen LogP contribution in [0.5, 0.6) is 0 Å². The molecule has 0 aliphatic rings. The van der Waals surface area contributed by atoms with E-state index < -0.39 is 5.97 Å². The van der Waals surface area contributed by atoms with Crippen LogP contribution < -0.4 is 0 Å². The number of rotatable bonds is 4. The smallest absolute Gasteiger partial charge is 0.374 e.